The number of ether oxygens (including phenoxy) is 1. The molecule has 0 saturated carbocycles. The zero-order chi connectivity index (χ0) is 24.0. The Kier molecular flexibility index (Phi) is 7.74. The van der Waals surface area contributed by atoms with Crippen molar-refractivity contribution in [2.45, 2.75) is 52.0 Å². The molecule has 0 spiro atoms. The molecule has 7 heteroatoms. The fourth-order valence-electron chi connectivity index (χ4n) is 4.14. The van der Waals surface area contributed by atoms with Gasteiger partial charge in [0.1, 0.15) is 12.6 Å². The average molecular weight is 453 g/mol. The van der Waals surface area contributed by atoms with E-state index in [0.29, 0.717) is 19.3 Å². The molecular weight excluding hydrogens is 420 g/mol. The number of fused-ring (bicyclic) bond motifs is 3. The second kappa shape index (κ2) is 10.5. The Morgan fingerprint density at radius 1 is 1.03 bits per heavy atom. The van der Waals surface area contributed by atoms with Crippen LogP contribution in [0.1, 0.15) is 57.1 Å². The summed E-state index contributed by atoms with van der Waals surface area (Å²) < 4.78 is 5.51. The van der Waals surface area contributed by atoms with E-state index >= 15 is 0 Å². The van der Waals surface area contributed by atoms with E-state index in [1.165, 1.54) is 0 Å². The van der Waals surface area contributed by atoms with Crippen LogP contribution in [0.5, 0.6) is 0 Å². The van der Waals surface area contributed by atoms with Crippen molar-refractivity contribution >= 4 is 18.0 Å². The first kappa shape index (κ1) is 24.3. The predicted octanol–water partition coefficient (Wildman–Crippen LogP) is 4.31. The van der Waals surface area contributed by atoms with Crippen LogP contribution >= 0.6 is 0 Å². The third-order valence-corrected chi connectivity index (χ3v) is 6.16. The maximum absolute atomic E-state index is 12.5. The summed E-state index contributed by atoms with van der Waals surface area (Å²) >= 11 is 0. The molecule has 33 heavy (non-hydrogen) atoms. The number of nitrogens with one attached hydrogen (secondary N) is 2. The minimum atomic E-state index is -1.04. The molecule has 0 aliphatic heterocycles. The number of carboxylic acid groups (broad SMARTS) is 1. The third kappa shape index (κ3) is 5.72. The average Bonchev–Trinajstić information content (AvgIpc) is 3.11. The number of alkyl carbamates (subject to hydrolysis) is 1. The first-order chi connectivity index (χ1) is 15.7. The fourth-order valence-corrected chi connectivity index (χ4v) is 4.14. The van der Waals surface area contributed by atoms with Gasteiger partial charge in [0.2, 0.25) is 5.91 Å². The molecule has 0 fully saturated rings. The Morgan fingerprint density at radius 3 is 2.15 bits per heavy atom. The second-order valence-corrected chi connectivity index (χ2v) is 9.04. The summed E-state index contributed by atoms with van der Waals surface area (Å²) in [5.41, 5.74) is 3.78. The Hall–Kier alpha value is -3.35. The second-order valence-electron chi connectivity index (χ2n) is 9.04. The van der Waals surface area contributed by atoms with Gasteiger partial charge in [0.05, 0.1) is 0 Å². The largest absolute Gasteiger partial charge is 0.480 e. The van der Waals surface area contributed by atoms with Crippen LogP contribution in [-0.4, -0.2) is 42.3 Å². The lowest BCUT2D eigenvalue weighted by Gasteiger charge is -2.26. The molecule has 0 bridgehead atoms. The van der Waals surface area contributed by atoms with E-state index in [0.717, 1.165) is 22.3 Å². The zero-order valence-electron chi connectivity index (χ0n) is 19.4. The van der Waals surface area contributed by atoms with Crippen molar-refractivity contribution in [1.29, 1.82) is 0 Å². The SMILES string of the molecule is CCCC(NC(=O)C(C)(C)CCNC(=O)OCC1c2ccccc2-c2ccccc21)C(=O)O. The minimum Gasteiger partial charge on any atom is -0.480 e. The van der Waals surface area contributed by atoms with E-state index in [4.69, 9.17) is 4.74 Å². The highest BCUT2D eigenvalue weighted by atomic mass is 16.5. The molecule has 0 radical (unpaired) electrons. The molecule has 1 aliphatic rings. The van der Waals surface area contributed by atoms with Crippen LogP contribution in [0, 0.1) is 5.41 Å². The summed E-state index contributed by atoms with van der Waals surface area (Å²) in [6.07, 6.45) is 0.833. The molecule has 1 unspecified atom stereocenters. The van der Waals surface area contributed by atoms with Gasteiger partial charge in [0.15, 0.2) is 0 Å². The van der Waals surface area contributed by atoms with Crippen molar-refractivity contribution in [3.63, 3.8) is 0 Å². The fraction of sp³-hybridized carbons (Fsp3) is 0.423. The lowest BCUT2D eigenvalue weighted by molar-refractivity contribution is -0.143. The number of amides is 2. The van der Waals surface area contributed by atoms with Crippen LogP contribution in [-0.2, 0) is 14.3 Å². The number of hydrogen-bond acceptors (Lipinski definition) is 4. The van der Waals surface area contributed by atoms with Crippen molar-refractivity contribution < 1.29 is 24.2 Å². The number of hydrogen-bond donors (Lipinski definition) is 3. The van der Waals surface area contributed by atoms with E-state index in [1.54, 1.807) is 13.8 Å². The Balaban J connectivity index is 1.50. The highest BCUT2D eigenvalue weighted by Crippen LogP contribution is 2.44. The molecule has 2 amide bonds. The molecule has 2 aromatic carbocycles. The van der Waals surface area contributed by atoms with Crippen LogP contribution in [0.3, 0.4) is 0 Å². The molecular formula is C26H32N2O5. The van der Waals surface area contributed by atoms with Gasteiger partial charge in [0, 0.05) is 17.9 Å². The van der Waals surface area contributed by atoms with Gasteiger partial charge in [-0.2, -0.15) is 0 Å². The zero-order valence-corrected chi connectivity index (χ0v) is 19.4. The standard InChI is InChI=1S/C26H32N2O5/c1-4-9-22(23(29)30)28-24(31)26(2,3)14-15-27-25(32)33-16-21-19-12-7-5-10-17(19)18-11-6-8-13-20(18)21/h5-8,10-13,21-22H,4,9,14-16H2,1-3H3,(H,27,32)(H,28,31)(H,29,30). The van der Waals surface area contributed by atoms with E-state index in [-0.39, 0.29) is 25.0 Å². The van der Waals surface area contributed by atoms with Crippen molar-refractivity contribution in [1.82, 2.24) is 10.6 Å². The van der Waals surface area contributed by atoms with Gasteiger partial charge < -0.3 is 20.5 Å². The number of rotatable bonds is 10. The summed E-state index contributed by atoms with van der Waals surface area (Å²) in [4.78, 5) is 36.2. The Morgan fingerprint density at radius 2 is 1.61 bits per heavy atom. The van der Waals surface area contributed by atoms with Crippen molar-refractivity contribution in [2.24, 2.45) is 5.41 Å². The molecule has 0 heterocycles. The van der Waals surface area contributed by atoms with E-state index in [9.17, 15) is 19.5 Å². The first-order valence-electron chi connectivity index (χ1n) is 11.4. The quantitative estimate of drug-likeness (QED) is 0.498. The Bertz CT molecular complexity index is 972. The number of carbonyl (C=O) groups is 3. The van der Waals surface area contributed by atoms with Gasteiger partial charge in [-0.1, -0.05) is 75.7 Å². The highest BCUT2D eigenvalue weighted by Gasteiger charge is 2.31. The molecule has 2 aromatic rings. The minimum absolute atomic E-state index is 0.0168. The molecule has 0 aromatic heterocycles. The van der Waals surface area contributed by atoms with Gasteiger partial charge in [-0.3, -0.25) is 4.79 Å². The summed E-state index contributed by atoms with van der Waals surface area (Å²) in [5.74, 6) is -1.41. The van der Waals surface area contributed by atoms with Gasteiger partial charge in [-0.05, 0) is 35.1 Å². The maximum Gasteiger partial charge on any atom is 0.407 e. The first-order valence-corrected chi connectivity index (χ1v) is 11.4. The Labute approximate surface area is 194 Å². The van der Waals surface area contributed by atoms with Crippen molar-refractivity contribution in [3.05, 3.63) is 59.7 Å². The van der Waals surface area contributed by atoms with E-state index in [1.807, 2.05) is 31.2 Å². The lowest BCUT2D eigenvalue weighted by atomic mass is 9.87. The summed E-state index contributed by atoms with van der Waals surface area (Å²) in [6.45, 7) is 5.79. The molecule has 1 aliphatic carbocycles. The molecule has 176 valence electrons. The van der Waals surface area contributed by atoms with Gasteiger partial charge in [-0.25, -0.2) is 9.59 Å². The summed E-state index contributed by atoms with van der Waals surface area (Å²) in [6, 6.07) is 15.4. The molecule has 3 rings (SSSR count). The van der Waals surface area contributed by atoms with Gasteiger partial charge in [-0.15, -0.1) is 0 Å². The van der Waals surface area contributed by atoms with Crippen LogP contribution in [0.25, 0.3) is 11.1 Å². The monoisotopic (exact) mass is 452 g/mol. The van der Waals surface area contributed by atoms with Crippen LogP contribution in [0.15, 0.2) is 48.5 Å². The van der Waals surface area contributed by atoms with E-state index < -0.39 is 23.5 Å². The summed E-state index contributed by atoms with van der Waals surface area (Å²) in [5, 5.41) is 14.6. The topological polar surface area (TPSA) is 105 Å². The van der Waals surface area contributed by atoms with Crippen LogP contribution in [0.2, 0.25) is 0 Å². The third-order valence-electron chi connectivity index (χ3n) is 6.16. The van der Waals surface area contributed by atoms with Crippen LogP contribution in [0.4, 0.5) is 4.79 Å². The molecule has 3 N–H and O–H groups in total. The maximum atomic E-state index is 12.5. The molecule has 0 saturated heterocycles. The normalized spacial score (nSPS) is 13.5. The predicted molar refractivity (Wildman–Crippen MR) is 126 cm³/mol. The molecule has 1 atom stereocenters. The molecule has 7 nitrogen and oxygen atoms in total. The number of carboxylic acids is 1. The number of benzene rings is 2. The van der Waals surface area contributed by atoms with Gasteiger partial charge >= 0.3 is 12.1 Å². The highest BCUT2D eigenvalue weighted by molar-refractivity contribution is 5.87. The lowest BCUT2D eigenvalue weighted by Crippen LogP contribution is -2.47. The smallest absolute Gasteiger partial charge is 0.407 e. The van der Waals surface area contributed by atoms with Crippen molar-refractivity contribution in [3.8, 4) is 11.1 Å². The number of carbonyl (C=O) groups excluding carboxylic acids is 2. The van der Waals surface area contributed by atoms with E-state index in [2.05, 4.69) is 34.9 Å². The summed E-state index contributed by atoms with van der Waals surface area (Å²) in [7, 11) is 0. The van der Waals surface area contributed by atoms with Crippen LogP contribution < -0.4 is 10.6 Å². The van der Waals surface area contributed by atoms with Crippen molar-refractivity contribution in [2.75, 3.05) is 13.2 Å². The van der Waals surface area contributed by atoms with Gasteiger partial charge in [0.25, 0.3) is 0 Å². The number of aliphatic carboxylic acids is 1.